The predicted octanol–water partition coefficient (Wildman–Crippen LogP) is 1.82. The van der Waals surface area contributed by atoms with Crippen LogP contribution in [0.3, 0.4) is 0 Å². The minimum absolute atomic E-state index is 0.155. The second-order valence-electron chi connectivity index (χ2n) is 7.19. The highest BCUT2D eigenvalue weighted by atomic mass is 19.1. The molecule has 2 aliphatic heterocycles. The highest BCUT2D eigenvalue weighted by Gasteiger charge is 2.41. The first kappa shape index (κ1) is 16.4. The van der Waals surface area contributed by atoms with Crippen LogP contribution in [0.4, 0.5) is 4.39 Å². The minimum Gasteiger partial charge on any atom is -0.395 e. The van der Waals surface area contributed by atoms with E-state index in [1.807, 2.05) is 0 Å². The zero-order valence-electron chi connectivity index (χ0n) is 13.8. The molecule has 1 amide bonds. The second kappa shape index (κ2) is 6.21. The molecule has 3 atom stereocenters. The van der Waals surface area contributed by atoms with Crippen molar-refractivity contribution in [2.45, 2.75) is 56.1 Å². The fourth-order valence-corrected chi connectivity index (χ4v) is 3.99. The lowest BCUT2D eigenvalue weighted by molar-refractivity contribution is -0.128. The fraction of sp³-hybridized carbons (Fsp3) is 0.611. The molecule has 126 valence electrons. The van der Waals surface area contributed by atoms with Crippen LogP contribution in [0.1, 0.15) is 38.2 Å². The number of halogens is 1. The van der Waals surface area contributed by atoms with Gasteiger partial charge < -0.3 is 15.3 Å². The van der Waals surface area contributed by atoms with Crippen molar-refractivity contribution in [1.82, 2.24) is 10.2 Å². The van der Waals surface area contributed by atoms with Gasteiger partial charge >= 0.3 is 0 Å². The topological polar surface area (TPSA) is 52.6 Å². The van der Waals surface area contributed by atoms with Crippen LogP contribution >= 0.6 is 0 Å². The monoisotopic (exact) mass is 320 g/mol. The molecule has 4 nitrogen and oxygen atoms in total. The van der Waals surface area contributed by atoms with Crippen LogP contribution in [0.5, 0.6) is 0 Å². The molecule has 1 aromatic carbocycles. The molecule has 0 radical (unpaired) electrons. The number of carbonyl (C=O) groups is 1. The lowest BCUT2D eigenvalue weighted by atomic mass is 9.81. The molecule has 0 spiro atoms. The van der Waals surface area contributed by atoms with Crippen molar-refractivity contribution in [2.24, 2.45) is 0 Å². The van der Waals surface area contributed by atoms with Crippen molar-refractivity contribution in [1.29, 1.82) is 0 Å². The van der Waals surface area contributed by atoms with E-state index in [4.69, 9.17) is 0 Å². The van der Waals surface area contributed by atoms with Gasteiger partial charge in [0.2, 0.25) is 5.91 Å². The number of fused-ring (bicyclic) bond motifs is 2. The Kier molecular flexibility index (Phi) is 4.43. The summed E-state index contributed by atoms with van der Waals surface area (Å²) in [6, 6.07) is 7.05. The molecule has 2 N–H and O–H groups in total. The van der Waals surface area contributed by atoms with Crippen LogP contribution < -0.4 is 5.32 Å². The molecule has 3 rings (SSSR count). The zero-order valence-corrected chi connectivity index (χ0v) is 13.8. The van der Waals surface area contributed by atoms with Gasteiger partial charge in [0, 0.05) is 18.1 Å². The number of amides is 1. The van der Waals surface area contributed by atoms with Gasteiger partial charge in [0.25, 0.3) is 0 Å². The zero-order chi connectivity index (χ0) is 16.6. The summed E-state index contributed by atoms with van der Waals surface area (Å²) in [5, 5.41) is 12.9. The van der Waals surface area contributed by atoms with Crippen LogP contribution in [0, 0.1) is 5.82 Å². The Hall–Kier alpha value is -1.46. The Balaban J connectivity index is 1.72. The standard InChI is InChI=1S/C18H25FN2O2/c1-18(11-22,12-3-5-13(19)6-4-12)17(23)20-14-9-15-7-8-16(10-14)21(15)2/h3-6,14-16,22H,7-11H2,1-2H3,(H,20,23). The molecule has 0 aromatic heterocycles. The Bertz CT molecular complexity index is 563. The molecule has 23 heavy (non-hydrogen) atoms. The third kappa shape index (κ3) is 3.00. The number of carbonyl (C=O) groups excluding carboxylic acids is 1. The van der Waals surface area contributed by atoms with E-state index in [0.29, 0.717) is 17.6 Å². The lowest BCUT2D eigenvalue weighted by Gasteiger charge is -2.38. The molecular formula is C18H25FN2O2. The molecule has 2 fully saturated rings. The summed E-state index contributed by atoms with van der Waals surface area (Å²) in [5.74, 6) is -0.526. The van der Waals surface area contributed by atoms with Crippen LogP contribution in [-0.4, -0.2) is 47.7 Å². The van der Waals surface area contributed by atoms with E-state index in [1.54, 1.807) is 19.1 Å². The van der Waals surface area contributed by atoms with Gasteiger partial charge in [0.15, 0.2) is 0 Å². The minimum atomic E-state index is -1.05. The summed E-state index contributed by atoms with van der Waals surface area (Å²) in [6.45, 7) is 1.41. The fourth-order valence-electron chi connectivity index (χ4n) is 3.99. The molecule has 2 saturated heterocycles. The van der Waals surface area contributed by atoms with E-state index in [-0.39, 0.29) is 24.4 Å². The molecule has 2 heterocycles. The van der Waals surface area contributed by atoms with E-state index in [0.717, 1.165) is 12.8 Å². The molecule has 3 unspecified atom stereocenters. The third-order valence-corrected chi connectivity index (χ3v) is 5.73. The van der Waals surface area contributed by atoms with Crippen molar-refractivity contribution >= 4 is 5.91 Å². The van der Waals surface area contributed by atoms with Crippen molar-refractivity contribution in [3.63, 3.8) is 0 Å². The van der Waals surface area contributed by atoms with Gasteiger partial charge in [-0.1, -0.05) is 12.1 Å². The van der Waals surface area contributed by atoms with Gasteiger partial charge in [-0.2, -0.15) is 0 Å². The van der Waals surface area contributed by atoms with E-state index in [1.165, 1.54) is 25.0 Å². The number of aliphatic hydroxyl groups is 1. The average Bonchev–Trinajstić information content (AvgIpc) is 2.76. The van der Waals surface area contributed by atoms with Gasteiger partial charge in [0.1, 0.15) is 5.82 Å². The SMILES string of the molecule is CN1C2CCC1CC(NC(=O)C(C)(CO)c1ccc(F)cc1)C2. The largest absolute Gasteiger partial charge is 0.395 e. The number of piperidine rings is 1. The predicted molar refractivity (Wildman–Crippen MR) is 86.6 cm³/mol. The molecule has 5 heteroatoms. The first-order valence-electron chi connectivity index (χ1n) is 8.34. The normalized spacial score (nSPS) is 30.0. The summed E-state index contributed by atoms with van der Waals surface area (Å²) in [4.78, 5) is 15.2. The van der Waals surface area contributed by atoms with Gasteiger partial charge in [0.05, 0.1) is 12.0 Å². The summed E-state index contributed by atoms with van der Waals surface area (Å²) >= 11 is 0. The Labute approximate surface area is 136 Å². The Morgan fingerprint density at radius 3 is 2.39 bits per heavy atom. The smallest absolute Gasteiger partial charge is 0.232 e. The van der Waals surface area contributed by atoms with E-state index >= 15 is 0 Å². The van der Waals surface area contributed by atoms with Crippen molar-refractivity contribution in [3.05, 3.63) is 35.6 Å². The first-order valence-corrected chi connectivity index (χ1v) is 8.34. The van der Waals surface area contributed by atoms with Gasteiger partial charge in [-0.3, -0.25) is 4.79 Å². The van der Waals surface area contributed by atoms with E-state index in [2.05, 4.69) is 17.3 Å². The highest BCUT2D eigenvalue weighted by molar-refractivity contribution is 5.88. The number of aliphatic hydroxyl groups excluding tert-OH is 1. The summed E-state index contributed by atoms with van der Waals surface area (Å²) in [5.41, 5.74) is -0.411. The summed E-state index contributed by atoms with van der Waals surface area (Å²) in [6.07, 6.45) is 4.32. The van der Waals surface area contributed by atoms with Gasteiger partial charge in [-0.05, 0) is 57.4 Å². The Morgan fingerprint density at radius 1 is 1.30 bits per heavy atom. The number of hydrogen-bond acceptors (Lipinski definition) is 3. The number of rotatable bonds is 4. The third-order valence-electron chi connectivity index (χ3n) is 5.73. The number of benzene rings is 1. The van der Waals surface area contributed by atoms with Crippen LogP contribution in [0.25, 0.3) is 0 Å². The molecule has 0 aliphatic carbocycles. The average molecular weight is 320 g/mol. The quantitative estimate of drug-likeness (QED) is 0.890. The number of hydrogen-bond donors (Lipinski definition) is 2. The molecule has 1 aromatic rings. The van der Waals surface area contributed by atoms with Crippen LogP contribution in [0.15, 0.2) is 24.3 Å². The van der Waals surface area contributed by atoms with E-state index < -0.39 is 5.41 Å². The van der Waals surface area contributed by atoms with Crippen LogP contribution in [-0.2, 0) is 10.2 Å². The van der Waals surface area contributed by atoms with Crippen molar-refractivity contribution in [2.75, 3.05) is 13.7 Å². The molecule has 2 bridgehead atoms. The van der Waals surface area contributed by atoms with Crippen LogP contribution in [0.2, 0.25) is 0 Å². The molecule has 0 saturated carbocycles. The summed E-state index contributed by atoms with van der Waals surface area (Å²) < 4.78 is 13.1. The maximum atomic E-state index is 13.1. The van der Waals surface area contributed by atoms with E-state index in [9.17, 15) is 14.3 Å². The number of nitrogens with zero attached hydrogens (tertiary/aromatic N) is 1. The second-order valence-corrected chi connectivity index (χ2v) is 7.19. The lowest BCUT2D eigenvalue weighted by Crippen LogP contribution is -2.53. The summed E-state index contributed by atoms with van der Waals surface area (Å²) in [7, 11) is 2.16. The number of nitrogens with one attached hydrogen (secondary N) is 1. The highest BCUT2D eigenvalue weighted by Crippen LogP contribution is 2.34. The molecular weight excluding hydrogens is 295 g/mol. The molecule has 2 aliphatic rings. The maximum absolute atomic E-state index is 13.1. The van der Waals surface area contributed by atoms with Gasteiger partial charge in [-0.25, -0.2) is 4.39 Å². The Morgan fingerprint density at radius 2 is 1.87 bits per heavy atom. The van der Waals surface area contributed by atoms with Crippen molar-refractivity contribution in [3.8, 4) is 0 Å². The van der Waals surface area contributed by atoms with Crippen molar-refractivity contribution < 1.29 is 14.3 Å². The first-order chi connectivity index (χ1) is 10.9. The van der Waals surface area contributed by atoms with Gasteiger partial charge in [-0.15, -0.1) is 0 Å². The maximum Gasteiger partial charge on any atom is 0.232 e.